The summed E-state index contributed by atoms with van der Waals surface area (Å²) in [6, 6.07) is 5.11. The minimum Gasteiger partial charge on any atom is -0.355 e. The lowest BCUT2D eigenvalue weighted by Crippen LogP contribution is -2.41. The van der Waals surface area contributed by atoms with E-state index in [0.717, 1.165) is 0 Å². The average Bonchev–Trinajstić information content (AvgIpc) is 2.40. The van der Waals surface area contributed by atoms with Crippen molar-refractivity contribution in [3.05, 3.63) is 33.8 Å². The zero-order chi connectivity index (χ0) is 15.1. The maximum Gasteiger partial charge on any atom is 0.239 e. The maximum absolute atomic E-state index is 12.2. The monoisotopic (exact) mass is 316 g/mol. The van der Waals surface area contributed by atoms with Crippen molar-refractivity contribution >= 4 is 35.0 Å². The largest absolute Gasteiger partial charge is 0.355 e. The van der Waals surface area contributed by atoms with Gasteiger partial charge in [0.1, 0.15) is 0 Å². The number of halogens is 2. The molecule has 0 aromatic heterocycles. The van der Waals surface area contributed by atoms with Gasteiger partial charge in [0, 0.05) is 23.1 Å². The van der Waals surface area contributed by atoms with Crippen molar-refractivity contribution in [2.75, 3.05) is 19.6 Å². The molecule has 0 heterocycles. The number of likely N-dealkylation sites (N-methyl/N-ethyl adjacent to an activating group) is 2. The van der Waals surface area contributed by atoms with Gasteiger partial charge in [-0.25, -0.2) is 0 Å². The van der Waals surface area contributed by atoms with Gasteiger partial charge in [-0.3, -0.25) is 9.59 Å². The van der Waals surface area contributed by atoms with E-state index < -0.39 is 0 Å². The summed E-state index contributed by atoms with van der Waals surface area (Å²) in [5.74, 6) is -0.346. The van der Waals surface area contributed by atoms with E-state index in [1.54, 1.807) is 18.2 Å². The van der Waals surface area contributed by atoms with E-state index in [-0.39, 0.29) is 24.8 Å². The van der Waals surface area contributed by atoms with E-state index in [0.29, 0.717) is 28.7 Å². The van der Waals surface area contributed by atoms with Crippen molar-refractivity contribution in [3.63, 3.8) is 0 Å². The van der Waals surface area contributed by atoms with Crippen LogP contribution in [0.3, 0.4) is 0 Å². The molecular formula is C14H18Cl2N2O2. The third kappa shape index (κ3) is 4.69. The van der Waals surface area contributed by atoms with Gasteiger partial charge in [0.15, 0.2) is 0 Å². The summed E-state index contributed by atoms with van der Waals surface area (Å²) in [6.45, 7) is 4.70. The van der Waals surface area contributed by atoms with Gasteiger partial charge < -0.3 is 10.2 Å². The number of benzene rings is 1. The molecule has 0 saturated heterocycles. The third-order valence-electron chi connectivity index (χ3n) is 2.83. The fourth-order valence-corrected chi connectivity index (χ4v) is 2.30. The van der Waals surface area contributed by atoms with Crippen molar-refractivity contribution in [1.82, 2.24) is 10.2 Å². The predicted molar refractivity (Wildman–Crippen MR) is 81.1 cm³/mol. The normalized spacial score (nSPS) is 10.2. The fraction of sp³-hybridized carbons (Fsp3) is 0.429. The molecule has 1 N–H and O–H groups in total. The van der Waals surface area contributed by atoms with Gasteiger partial charge >= 0.3 is 0 Å². The van der Waals surface area contributed by atoms with E-state index in [2.05, 4.69) is 5.32 Å². The lowest BCUT2D eigenvalue weighted by atomic mass is 10.1. The zero-order valence-corrected chi connectivity index (χ0v) is 13.1. The summed E-state index contributed by atoms with van der Waals surface area (Å²) in [7, 11) is 0. The van der Waals surface area contributed by atoms with Crippen LogP contribution in [0.25, 0.3) is 0 Å². The highest BCUT2D eigenvalue weighted by Crippen LogP contribution is 2.25. The lowest BCUT2D eigenvalue weighted by Gasteiger charge is -2.20. The highest BCUT2D eigenvalue weighted by molar-refractivity contribution is 6.36. The molecule has 0 saturated carbocycles. The molecule has 0 atom stereocenters. The van der Waals surface area contributed by atoms with Crippen molar-refractivity contribution in [3.8, 4) is 0 Å². The SMILES string of the molecule is CCNC(=O)CN(CC)C(=O)Cc1c(Cl)cccc1Cl. The first-order valence-corrected chi connectivity index (χ1v) is 7.22. The molecule has 4 nitrogen and oxygen atoms in total. The molecule has 0 radical (unpaired) electrons. The second kappa shape index (κ2) is 8.12. The predicted octanol–water partition coefficient (Wildman–Crippen LogP) is 2.52. The summed E-state index contributed by atoms with van der Waals surface area (Å²) in [5, 5.41) is 3.58. The first kappa shape index (κ1) is 16.8. The first-order chi connectivity index (χ1) is 9.49. The Morgan fingerprint density at radius 2 is 1.80 bits per heavy atom. The Morgan fingerprint density at radius 3 is 2.30 bits per heavy atom. The van der Waals surface area contributed by atoms with E-state index in [4.69, 9.17) is 23.2 Å². The Labute approximate surface area is 129 Å². The number of hydrogen-bond donors (Lipinski definition) is 1. The molecule has 0 bridgehead atoms. The van der Waals surface area contributed by atoms with Crippen LogP contribution in [-0.2, 0) is 16.0 Å². The molecule has 20 heavy (non-hydrogen) atoms. The minimum atomic E-state index is -0.173. The van der Waals surface area contributed by atoms with Crippen LogP contribution in [0.4, 0.5) is 0 Å². The minimum absolute atomic E-state index is 0.0469. The smallest absolute Gasteiger partial charge is 0.239 e. The number of nitrogens with zero attached hydrogens (tertiary/aromatic N) is 1. The average molecular weight is 317 g/mol. The summed E-state index contributed by atoms with van der Waals surface area (Å²) in [4.78, 5) is 25.2. The van der Waals surface area contributed by atoms with E-state index in [9.17, 15) is 9.59 Å². The Kier molecular flexibility index (Phi) is 6.82. The van der Waals surface area contributed by atoms with Gasteiger partial charge in [0.25, 0.3) is 0 Å². The molecule has 110 valence electrons. The molecule has 6 heteroatoms. The van der Waals surface area contributed by atoms with Gasteiger partial charge in [-0.2, -0.15) is 0 Å². The highest BCUT2D eigenvalue weighted by atomic mass is 35.5. The molecule has 0 unspecified atom stereocenters. The zero-order valence-electron chi connectivity index (χ0n) is 11.6. The molecule has 0 spiro atoms. The summed E-state index contributed by atoms with van der Waals surface area (Å²) >= 11 is 12.1. The Bertz CT molecular complexity index is 472. The number of nitrogens with one attached hydrogen (secondary N) is 1. The van der Waals surface area contributed by atoms with Gasteiger partial charge in [-0.15, -0.1) is 0 Å². The van der Waals surface area contributed by atoms with Crippen LogP contribution >= 0.6 is 23.2 Å². The van der Waals surface area contributed by atoms with Gasteiger partial charge in [-0.1, -0.05) is 29.3 Å². The molecular weight excluding hydrogens is 299 g/mol. The van der Waals surface area contributed by atoms with Crippen molar-refractivity contribution in [2.45, 2.75) is 20.3 Å². The second-order valence-corrected chi connectivity index (χ2v) is 5.05. The van der Waals surface area contributed by atoms with Gasteiger partial charge in [0.2, 0.25) is 11.8 Å². The highest BCUT2D eigenvalue weighted by Gasteiger charge is 2.18. The van der Waals surface area contributed by atoms with E-state index in [1.807, 2.05) is 13.8 Å². The quantitative estimate of drug-likeness (QED) is 0.876. The van der Waals surface area contributed by atoms with Crippen LogP contribution in [0.5, 0.6) is 0 Å². The summed E-state index contributed by atoms with van der Waals surface area (Å²) in [5.41, 5.74) is 0.593. The lowest BCUT2D eigenvalue weighted by molar-refractivity contribution is -0.135. The number of carbonyl (C=O) groups is 2. The number of hydrogen-bond acceptors (Lipinski definition) is 2. The van der Waals surface area contributed by atoms with Crippen molar-refractivity contribution in [2.24, 2.45) is 0 Å². The summed E-state index contributed by atoms with van der Waals surface area (Å²) in [6.07, 6.45) is 0.0890. The van der Waals surface area contributed by atoms with Crippen LogP contribution in [-0.4, -0.2) is 36.3 Å². The van der Waals surface area contributed by atoms with Crippen LogP contribution in [0, 0.1) is 0 Å². The number of rotatable bonds is 6. The molecule has 0 aliphatic carbocycles. The summed E-state index contributed by atoms with van der Waals surface area (Å²) < 4.78 is 0. The van der Waals surface area contributed by atoms with Crippen molar-refractivity contribution in [1.29, 1.82) is 0 Å². The molecule has 0 aliphatic heterocycles. The third-order valence-corrected chi connectivity index (χ3v) is 3.54. The first-order valence-electron chi connectivity index (χ1n) is 6.46. The standard InChI is InChI=1S/C14H18Cl2N2O2/c1-3-17-13(19)9-18(4-2)14(20)8-10-11(15)6-5-7-12(10)16/h5-7H,3-4,8-9H2,1-2H3,(H,17,19). The molecule has 1 rings (SSSR count). The van der Waals surface area contributed by atoms with Crippen LogP contribution in [0.1, 0.15) is 19.4 Å². The van der Waals surface area contributed by atoms with Crippen LogP contribution in [0.2, 0.25) is 10.0 Å². The van der Waals surface area contributed by atoms with Crippen LogP contribution in [0.15, 0.2) is 18.2 Å². The number of carbonyl (C=O) groups excluding carboxylic acids is 2. The molecule has 2 amide bonds. The van der Waals surface area contributed by atoms with E-state index >= 15 is 0 Å². The molecule has 1 aromatic rings. The second-order valence-electron chi connectivity index (χ2n) is 4.24. The number of amides is 2. The van der Waals surface area contributed by atoms with Crippen LogP contribution < -0.4 is 5.32 Å². The molecule has 0 fully saturated rings. The van der Waals surface area contributed by atoms with Gasteiger partial charge in [-0.05, 0) is 31.5 Å². The molecule has 1 aromatic carbocycles. The maximum atomic E-state index is 12.2. The Balaban J connectivity index is 2.75. The van der Waals surface area contributed by atoms with E-state index in [1.165, 1.54) is 4.90 Å². The fourth-order valence-electron chi connectivity index (χ4n) is 1.77. The Hall–Kier alpha value is -1.26. The Morgan fingerprint density at radius 1 is 1.20 bits per heavy atom. The van der Waals surface area contributed by atoms with Gasteiger partial charge in [0.05, 0.1) is 13.0 Å². The van der Waals surface area contributed by atoms with Crippen molar-refractivity contribution < 1.29 is 9.59 Å². The molecule has 0 aliphatic rings. The topological polar surface area (TPSA) is 49.4 Å².